The van der Waals surface area contributed by atoms with Crippen molar-refractivity contribution in [3.8, 4) is 5.75 Å². The topological polar surface area (TPSA) is 79.1 Å². The van der Waals surface area contributed by atoms with Crippen molar-refractivity contribution >= 4 is 12.0 Å². The lowest BCUT2D eigenvalue weighted by atomic mass is 9.68. The number of benzene rings is 1. The summed E-state index contributed by atoms with van der Waals surface area (Å²) < 4.78 is 35.0. The van der Waals surface area contributed by atoms with E-state index in [1.165, 1.54) is 11.6 Å². The zero-order valence-corrected chi connectivity index (χ0v) is 22.2. The van der Waals surface area contributed by atoms with E-state index in [0.29, 0.717) is 32.8 Å². The number of carbonyl (C=O) groups excluding carboxylic acids is 1. The van der Waals surface area contributed by atoms with Gasteiger partial charge in [-0.1, -0.05) is 23.8 Å². The number of carbonyl (C=O) groups is 1. The highest BCUT2D eigenvalue weighted by molar-refractivity contribution is 5.87. The van der Waals surface area contributed by atoms with Crippen LogP contribution in [-0.2, 0) is 28.5 Å². The molecule has 1 saturated carbocycles. The molecular weight excluding hydrogens is 460 g/mol. The summed E-state index contributed by atoms with van der Waals surface area (Å²) in [6.45, 7) is 10.7. The van der Waals surface area contributed by atoms with Crippen molar-refractivity contribution in [1.29, 1.82) is 0 Å². The van der Waals surface area contributed by atoms with Gasteiger partial charge in [0.2, 0.25) is 0 Å². The summed E-state index contributed by atoms with van der Waals surface area (Å²) in [6.07, 6.45) is 7.32. The third-order valence-corrected chi connectivity index (χ3v) is 7.50. The molecule has 1 spiro atoms. The summed E-state index contributed by atoms with van der Waals surface area (Å²) in [4.78, 5) is 12.7. The van der Waals surface area contributed by atoms with Gasteiger partial charge in [-0.25, -0.2) is 4.79 Å². The zero-order valence-electron chi connectivity index (χ0n) is 22.2. The van der Waals surface area contributed by atoms with Crippen LogP contribution in [0.2, 0.25) is 0 Å². The molecule has 7 nitrogen and oxygen atoms in total. The average Bonchev–Trinajstić information content (AvgIpc) is 3.78. The fourth-order valence-electron chi connectivity index (χ4n) is 5.46. The van der Waals surface area contributed by atoms with Gasteiger partial charge in [-0.3, -0.25) is 0 Å². The van der Waals surface area contributed by atoms with Crippen LogP contribution in [0.1, 0.15) is 52.5 Å². The second-order valence-corrected chi connectivity index (χ2v) is 10.3. The second kappa shape index (κ2) is 11.5. The molecule has 1 aromatic carbocycles. The number of allylic oxidation sites excluding steroid dienone is 1. The second-order valence-electron chi connectivity index (χ2n) is 10.3. The molecule has 2 heterocycles. The Bertz CT molecular complexity index is 945. The van der Waals surface area contributed by atoms with Crippen LogP contribution in [0, 0.1) is 5.92 Å². The molecule has 3 fully saturated rings. The minimum atomic E-state index is -0.381. The van der Waals surface area contributed by atoms with Crippen molar-refractivity contribution in [3.05, 3.63) is 47.6 Å². The Morgan fingerprint density at radius 3 is 2.58 bits per heavy atom. The summed E-state index contributed by atoms with van der Waals surface area (Å²) >= 11 is 0. The highest BCUT2D eigenvalue weighted by Gasteiger charge is 2.72. The lowest BCUT2D eigenvalue weighted by Gasteiger charge is -2.42. The molecule has 0 N–H and O–H groups in total. The maximum absolute atomic E-state index is 12.7. The van der Waals surface area contributed by atoms with Crippen molar-refractivity contribution in [1.82, 2.24) is 0 Å². The molecule has 4 rings (SSSR count). The average molecular weight is 501 g/mol. The largest absolute Gasteiger partial charge is 0.491 e. The maximum Gasteiger partial charge on any atom is 0.331 e. The summed E-state index contributed by atoms with van der Waals surface area (Å²) in [7, 11) is 1.69. The molecule has 1 aromatic rings. The first-order chi connectivity index (χ1) is 17.3. The predicted octanol–water partition coefficient (Wildman–Crippen LogP) is 4.73. The summed E-state index contributed by atoms with van der Waals surface area (Å²) in [5.74, 6) is 0.394. The Morgan fingerprint density at radius 2 is 1.94 bits per heavy atom. The van der Waals surface area contributed by atoms with Crippen molar-refractivity contribution < 1.29 is 33.2 Å². The Labute approximate surface area is 214 Å². The van der Waals surface area contributed by atoms with E-state index < -0.39 is 0 Å². The van der Waals surface area contributed by atoms with Gasteiger partial charge in [-0.05, 0) is 70.7 Å². The molecule has 7 heteroatoms. The lowest BCUT2D eigenvalue weighted by Crippen LogP contribution is -2.55. The quantitative estimate of drug-likeness (QED) is 0.135. The molecule has 1 aliphatic carbocycles. The van der Waals surface area contributed by atoms with E-state index in [4.69, 9.17) is 28.4 Å². The van der Waals surface area contributed by atoms with E-state index >= 15 is 0 Å². The van der Waals surface area contributed by atoms with E-state index in [2.05, 4.69) is 26.8 Å². The Hall–Kier alpha value is -2.19. The van der Waals surface area contributed by atoms with Crippen LogP contribution in [-0.4, -0.2) is 69.0 Å². The van der Waals surface area contributed by atoms with E-state index in [-0.39, 0.29) is 41.4 Å². The number of rotatable bonds is 12. The van der Waals surface area contributed by atoms with Crippen molar-refractivity contribution in [2.75, 3.05) is 33.5 Å². The van der Waals surface area contributed by atoms with Crippen LogP contribution in [0.15, 0.2) is 42.0 Å². The molecule has 1 unspecified atom stereocenters. The summed E-state index contributed by atoms with van der Waals surface area (Å²) in [6, 6.07) is 7.56. The monoisotopic (exact) mass is 500 g/mol. The van der Waals surface area contributed by atoms with Crippen LogP contribution in [0.3, 0.4) is 0 Å². The third kappa shape index (κ3) is 6.20. The highest BCUT2D eigenvalue weighted by Crippen LogP contribution is 2.59. The number of methoxy groups -OCH3 is 1. The number of hydrogen-bond donors (Lipinski definition) is 0. The van der Waals surface area contributed by atoms with Gasteiger partial charge in [-0.15, -0.1) is 0 Å². The van der Waals surface area contributed by atoms with Crippen LogP contribution >= 0.6 is 0 Å². The van der Waals surface area contributed by atoms with E-state index in [9.17, 15) is 4.79 Å². The van der Waals surface area contributed by atoms with E-state index in [0.717, 1.165) is 24.2 Å². The molecular formula is C29H40O7. The van der Waals surface area contributed by atoms with Crippen LogP contribution < -0.4 is 4.74 Å². The van der Waals surface area contributed by atoms with Crippen LogP contribution in [0.5, 0.6) is 5.75 Å². The minimum absolute atomic E-state index is 0.0105. The smallest absolute Gasteiger partial charge is 0.331 e. The van der Waals surface area contributed by atoms with Gasteiger partial charge in [0.05, 0.1) is 25.2 Å². The van der Waals surface area contributed by atoms with Crippen LogP contribution in [0.4, 0.5) is 0 Å². The molecule has 3 aliphatic rings. The van der Waals surface area contributed by atoms with Gasteiger partial charge in [-0.2, -0.15) is 0 Å². The van der Waals surface area contributed by atoms with E-state index in [1.807, 2.05) is 31.2 Å². The molecule has 2 aliphatic heterocycles. The van der Waals surface area contributed by atoms with E-state index in [1.54, 1.807) is 13.2 Å². The van der Waals surface area contributed by atoms with Gasteiger partial charge < -0.3 is 28.4 Å². The summed E-state index contributed by atoms with van der Waals surface area (Å²) in [5, 5.41) is 0. The highest BCUT2D eigenvalue weighted by atomic mass is 16.6. The Balaban J connectivity index is 1.35. The van der Waals surface area contributed by atoms with Crippen LogP contribution in [0.25, 0.3) is 6.08 Å². The summed E-state index contributed by atoms with van der Waals surface area (Å²) in [5.41, 5.74) is 1.58. The maximum atomic E-state index is 12.7. The van der Waals surface area contributed by atoms with Crippen molar-refractivity contribution in [2.45, 2.75) is 76.5 Å². The molecule has 0 amide bonds. The lowest BCUT2D eigenvalue weighted by molar-refractivity contribution is -0.166. The number of esters is 1. The van der Waals surface area contributed by atoms with Gasteiger partial charge in [0.1, 0.15) is 35.8 Å². The molecule has 0 bridgehead atoms. The first-order valence-electron chi connectivity index (χ1n) is 13.0. The molecule has 6 atom stereocenters. The number of epoxide rings is 2. The van der Waals surface area contributed by atoms with Gasteiger partial charge in [0.25, 0.3) is 0 Å². The Kier molecular flexibility index (Phi) is 8.56. The third-order valence-electron chi connectivity index (χ3n) is 7.50. The molecule has 2 saturated heterocycles. The zero-order chi connectivity index (χ0) is 25.8. The Morgan fingerprint density at radius 1 is 1.19 bits per heavy atom. The SMILES string of the molecule is CCOCCOc1ccc(/C=C/C(=O)O[C@@H]2CC[C@]3(CO3)C([C@]3(C)O[C@H]3CC=C(C)C)[C@@H]2OC)cc1. The van der Waals surface area contributed by atoms with Crippen molar-refractivity contribution in [2.24, 2.45) is 5.92 Å². The first kappa shape index (κ1) is 26.9. The fourth-order valence-corrected chi connectivity index (χ4v) is 5.46. The molecule has 0 radical (unpaired) electrons. The first-order valence-corrected chi connectivity index (χ1v) is 13.0. The fraction of sp³-hybridized carbons (Fsp3) is 0.621. The van der Waals surface area contributed by atoms with Gasteiger partial charge >= 0.3 is 5.97 Å². The molecule has 36 heavy (non-hydrogen) atoms. The molecule has 198 valence electrons. The van der Waals surface area contributed by atoms with Gasteiger partial charge in [0.15, 0.2) is 0 Å². The predicted molar refractivity (Wildman–Crippen MR) is 137 cm³/mol. The normalized spacial score (nSPS) is 32.9. The minimum Gasteiger partial charge on any atom is -0.491 e. The van der Waals surface area contributed by atoms with Crippen molar-refractivity contribution in [3.63, 3.8) is 0 Å². The van der Waals surface area contributed by atoms with Gasteiger partial charge in [0, 0.05) is 19.8 Å². The number of ether oxygens (including phenoxy) is 6. The standard InChI is InChI=1S/C29H40O7/c1-6-32-17-18-33-22-11-8-21(9-12-22)10-14-25(30)35-23-15-16-29(19-34-29)27(26(23)31-5)28(4)24(36-28)13-7-20(2)3/h7-12,14,23-24,26-27H,6,13,15-19H2,1-5H3/b14-10+/t23-,24+,26-,27?,28-,29+/m1/s1. The molecule has 0 aromatic heterocycles. The number of hydrogen-bond acceptors (Lipinski definition) is 7.